The van der Waals surface area contributed by atoms with Gasteiger partial charge in [0, 0.05) is 30.7 Å². The fourth-order valence-corrected chi connectivity index (χ4v) is 5.01. The number of fused-ring (bicyclic) bond motifs is 1. The molecule has 1 N–H and O–H groups in total. The van der Waals surface area contributed by atoms with Crippen LogP contribution >= 0.6 is 11.9 Å². The molecule has 2 heterocycles. The minimum absolute atomic E-state index is 0.158. The zero-order valence-electron chi connectivity index (χ0n) is 17.8. The van der Waals surface area contributed by atoms with Gasteiger partial charge in [0.05, 0.1) is 6.04 Å². The van der Waals surface area contributed by atoms with Crippen LogP contribution in [0.1, 0.15) is 31.9 Å². The monoisotopic (exact) mass is 432 g/mol. The molecule has 160 valence electrons. The smallest absolute Gasteiger partial charge is 0.240 e. The number of hydrogen-bond acceptors (Lipinski definition) is 4. The van der Waals surface area contributed by atoms with E-state index in [1.165, 1.54) is 22.7 Å². The molecule has 1 aliphatic heterocycles. The summed E-state index contributed by atoms with van der Waals surface area (Å²) in [6.45, 7) is 4.52. The van der Waals surface area contributed by atoms with Crippen LogP contribution in [0.15, 0.2) is 65.7 Å². The Morgan fingerprint density at radius 3 is 2.74 bits per heavy atom. The molecule has 0 bridgehead atoms. The maximum Gasteiger partial charge on any atom is 0.240 e. The third-order valence-corrected chi connectivity index (χ3v) is 7.04. The molecule has 0 radical (unpaired) electrons. The molecule has 2 aromatic carbocycles. The molecule has 0 saturated carbocycles. The number of nitriles is 1. The summed E-state index contributed by atoms with van der Waals surface area (Å²) in [6, 6.07) is 20.1. The number of aryl methyl sites for hydroxylation is 1. The summed E-state index contributed by atoms with van der Waals surface area (Å²) in [5.74, 6) is 0.837. The topological polar surface area (TPSA) is 61.1 Å². The van der Waals surface area contributed by atoms with E-state index in [9.17, 15) is 10.1 Å². The van der Waals surface area contributed by atoms with Crippen molar-refractivity contribution < 1.29 is 4.79 Å². The molecule has 1 amide bonds. The van der Waals surface area contributed by atoms with Gasteiger partial charge in [0.15, 0.2) is 0 Å². The van der Waals surface area contributed by atoms with Gasteiger partial charge in [-0.3, -0.25) is 4.79 Å². The number of aromatic nitrogens is 1. The van der Waals surface area contributed by atoms with Crippen molar-refractivity contribution in [2.45, 2.75) is 43.7 Å². The van der Waals surface area contributed by atoms with Crippen molar-refractivity contribution in [3.8, 4) is 6.07 Å². The van der Waals surface area contributed by atoms with Gasteiger partial charge >= 0.3 is 0 Å². The molecule has 1 aromatic heterocycles. The highest BCUT2D eigenvalue weighted by atomic mass is 32.2. The van der Waals surface area contributed by atoms with Crippen molar-refractivity contribution in [2.75, 3.05) is 13.1 Å². The molecule has 31 heavy (non-hydrogen) atoms. The van der Waals surface area contributed by atoms with Crippen LogP contribution < -0.4 is 4.72 Å². The number of amides is 1. The van der Waals surface area contributed by atoms with Gasteiger partial charge in [-0.15, -0.1) is 0 Å². The second-order valence-electron chi connectivity index (χ2n) is 8.24. The normalized spacial score (nSPS) is 15.7. The fourth-order valence-electron chi connectivity index (χ4n) is 4.08. The Labute approximate surface area is 188 Å². The Balaban J connectivity index is 1.49. The van der Waals surface area contributed by atoms with E-state index in [2.05, 4.69) is 42.0 Å². The van der Waals surface area contributed by atoms with E-state index in [0.717, 1.165) is 30.8 Å². The number of nitrogens with one attached hydrogen (secondary N) is 1. The predicted molar refractivity (Wildman–Crippen MR) is 125 cm³/mol. The van der Waals surface area contributed by atoms with Crippen molar-refractivity contribution >= 4 is 28.6 Å². The van der Waals surface area contributed by atoms with Crippen LogP contribution in [0.3, 0.4) is 0 Å². The second-order valence-corrected chi connectivity index (χ2v) is 9.12. The quantitative estimate of drug-likeness (QED) is 0.544. The lowest BCUT2D eigenvalue weighted by molar-refractivity contribution is -0.134. The molecule has 1 unspecified atom stereocenters. The van der Waals surface area contributed by atoms with E-state index in [4.69, 9.17) is 0 Å². The first kappa shape index (κ1) is 21.5. The van der Waals surface area contributed by atoms with Crippen LogP contribution in [0.25, 0.3) is 10.8 Å². The Hall–Kier alpha value is -2.75. The van der Waals surface area contributed by atoms with Crippen molar-refractivity contribution in [2.24, 2.45) is 5.92 Å². The van der Waals surface area contributed by atoms with Gasteiger partial charge in [0.2, 0.25) is 5.91 Å². The molecule has 1 fully saturated rings. The van der Waals surface area contributed by atoms with Crippen LogP contribution in [-0.2, 0) is 11.3 Å². The third-order valence-electron chi connectivity index (χ3n) is 6.06. The number of hydrogen-bond donors (Lipinski definition) is 1. The van der Waals surface area contributed by atoms with Gasteiger partial charge in [-0.05, 0) is 66.1 Å². The SMILES string of the molecule is CC1CCN(C(=O)C(CCn2cccc2C#N)NSc2cccc3ccccc23)CC1. The van der Waals surface area contributed by atoms with Crippen LogP contribution in [0.2, 0.25) is 0 Å². The third kappa shape index (κ3) is 5.12. The van der Waals surface area contributed by atoms with Gasteiger partial charge in [0.25, 0.3) is 0 Å². The maximum atomic E-state index is 13.4. The Morgan fingerprint density at radius 1 is 1.16 bits per heavy atom. The number of carbonyl (C=O) groups excluding carboxylic acids is 1. The first-order chi connectivity index (χ1) is 15.2. The molecule has 1 aliphatic rings. The number of piperidine rings is 1. The number of benzene rings is 2. The van der Waals surface area contributed by atoms with Crippen molar-refractivity contribution in [3.05, 3.63) is 66.5 Å². The van der Waals surface area contributed by atoms with Crippen molar-refractivity contribution in [3.63, 3.8) is 0 Å². The van der Waals surface area contributed by atoms with E-state index in [-0.39, 0.29) is 11.9 Å². The molecular formula is C25H28N4OS. The molecule has 1 saturated heterocycles. The van der Waals surface area contributed by atoms with Crippen LogP contribution in [0, 0.1) is 17.2 Å². The minimum atomic E-state index is -0.314. The molecule has 0 spiro atoms. The second kappa shape index (κ2) is 10.0. The zero-order chi connectivity index (χ0) is 21.6. The first-order valence-corrected chi connectivity index (χ1v) is 11.7. The summed E-state index contributed by atoms with van der Waals surface area (Å²) in [5.41, 5.74) is 0.625. The average molecular weight is 433 g/mol. The molecule has 4 rings (SSSR count). The molecule has 0 aliphatic carbocycles. The molecule has 1 atom stereocenters. The summed E-state index contributed by atoms with van der Waals surface area (Å²) in [7, 11) is 0. The summed E-state index contributed by atoms with van der Waals surface area (Å²) in [4.78, 5) is 16.5. The van der Waals surface area contributed by atoms with Gasteiger partial charge in [-0.1, -0.05) is 43.3 Å². The molecule has 6 heteroatoms. The highest BCUT2D eigenvalue weighted by Gasteiger charge is 2.27. The number of carbonyl (C=O) groups is 1. The number of nitrogens with zero attached hydrogens (tertiary/aromatic N) is 3. The lowest BCUT2D eigenvalue weighted by Crippen LogP contribution is -2.47. The summed E-state index contributed by atoms with van der Waals surface area (Å²) >= 11 is 1.53. The van der Waals surface area contributed by atoms with Gasteiger partial charge < -0.3 is 9.47 Å². The van der Waals surface area contributed by atoms with E-state index in [0.29, 0.717) is 24.6 Å². The minimum Gasteiger partial charge on any atom is -0.341 e. The van der Waals surface area contributed by atoms with E-state index >= 15 is 0 Å². The highest BCUT2D eigenvalue weighted by Crippen LogP contribution is 2.27. The van der Waals surface area contributed by atoms with Crippen LogP contribution in [-0.4, -0.2) is 34.5 Å². The van der Waals surface area contributed by atoms with Crippen molar-refractivity contribution in [1.82, 2.24) is 14.2 Å². The van der Waals surface area contributed by atoms with Crippen LogP contribution in [0.5, 0.6) is 0 Å². The Kier molecular flexibility index (Phi) is 6.96. The summed E-state index contributed by atoms with van der Waals surface area (Å²) < 4.78 is 5.39. The molecule has 3 aromatic rings. The summed E-state index contributed by atoms with van der Waals surface area (Å²) in [5, 5.41) is 11.7. The fraction of sp³-hybridized carbons (Fsp3) is 0.360. The first-order valence-electron chi connectivity index (χ1n) is 10.9. The van der Waals surface area contributed by atoms with Gasteiger partial charge in [0.1, 0.15) is 11.8 Å². The standard InChI is InChI=1S/C25H28N4OS/c1-19-11-15-29(16-12-19)25(30)23(13-17-28-14-5-8-21(28)18-26)27-31-24-10-4-7-20-6-2-3-9-22(20)24/h2-10,14,19,23,27H,11-13,15-17H2,1H3. The average Bonchev–Trinajstić information content (AvgIpc) is 3.27. The van der Waals surface area contributed by atoms with E-state index < -0.39 is 0 Å². The number of rotatable bonds is 7. The Bertz CT molecular complexity index is 1070. The van der Waals surface area contributed by atoms with Gasteiger partial charge in [-0.2, -0.15) is 5.26 Å². The zero-order valence-corrected chi connectivity index (χ0v) is 18.6. The van der Waals surface area contributed by atoms with E-state index in [1.54, 1.807) is 6.07 Å². The maximum absolute atomic E-state index is 13.4. The summed E-state index contributed by atoms with van der Waals surface area (Å²) in [6.07, 6.45) is 4.66. The largest absolute Gasteiger partial charge is 0.341 e. The van der Waals surface area contributed by atoms with Gasteiger partial charge in [-0.25, -0.2) is 4.72 Å². The predicted octanol–water partition coefficient (Wildman–Crippen LogP) is 4.83. The highest BCUT2D eigenvalue weighted by molar-refractivity contribution is 7.97. The lowest BCUT2D eigenvalue weighted by atomic mass is 9.98. The molecule has 5 nitrogen and oxygen atoms in total. The Morgan fingerprint density at radius 2 is 1.94 bits per heavy atom. The number of likely N-dealkylation sites (tertiary alicyclic amines) is 1. The molecular weight excluding hydrogens is 404 g/mol. The van der Waals surface area contributed by atoms with Crippen LogP contribution in [0.4, 0.5) is 0 Å². The lowest BCUT2D eigenvalue weighted by Gasteiger charge is -2.33. The van der Waals surface area contributed by atoms with Crippen molar-refractivity contribution in [1.29, 1.82) is 5.26 Å². The van der Waals surface area contributed by atoms with E-state index in [1.807, 2.05) is 39.9 Å².